The molecule has 0 heterocycles. The van der Waals surface area contributed by atoms with E-state index in [1.165, 1.54) is 137 Å². The van der Waals surface area contributed by atoms with Gasteiger partial charge >= 0.3 is 0 Å². The highest BCUT2D eigenvalue weighted by molar-refractivity contribution is 6.25. The van der Waals surface area contributed by atoms with E-state index < -0.39 is 0 Å². The third kappa shape index (κ3) is 6.16. The lowest BCUT2D eigenvalue weighted by molar-refractivity contribution is 0.660. The molecule has 0 spiro atoms. The van der Waals surface area contributed by atoms with Crippen LogP contribution < -0.4 is 0 Å². The van der Waals surface area contributed by atoms with Crippen molar-refractivity contribution in [3.8, 4) is 66.8 Å². The van der Waals surface area contributed by atoms with E-state index >= 15 is 0 Å². The molecule has 0 nitrogen and oxygen atoms in total. The Kier molecular flexibility index (Phi) is 9.68. The van der Waals surface area contributed by atoms with E-state index in [4.69, 9.17) is 0 Å². The number of fused-ring (bicyclic) bond motifs is 8. The van der Waals surface area contributed by atoms with Gasteiger partial charge in [-0.3, -0.25) is 0 Å². The molecule has 70 heavy (non-hydrogen) atoms. The molecule has 330 valence electrons. The maximum absolute atomic E-state index is 4.42. The molecule has 0 aromatic heterocycles. The molecule has 0 amide bonds. The van der Waals surface area contributed by atoms with Crippen molar-refractivity contribution in [1.82, 2.24) is 0 Å². The fourth-order valence-electron chi connectivity index (χ4n) is 12.3. The Morgan fingerprint density at radius 2 is 0.714 bits per heavy atom. The molecule has 0 fully saturated rings. The molecule has 0 unspecified atom stereocenters. The van der Waals surface area contributed by atoms with Crippen LogP contribution in [0.2, 0.25) is 0 Å². The van der Waals surface area contributed by atoms with Crippen LogP contribution in [0.25, 0.3) is 133 Å². The van der Waals surface area contributed by atoms with Crippen molar-refractivity contribution in [2.24, 2.45) is 0 Å². The summed E-state index contributed by atoms with van der Waals surface area (Å²) in [7, 11) is 0. The lowest BCUT2D eigenvalue weighted by atomic mass is 9.80. The van der Waals surface area contributed by atoms with Crippen LogP contribution >= 0.6 is 0 Å². The van der Waals surface area contributed by atoms with Gasteiger partial charge in [0.2, 0.25) is 0 Å². The minimum absolute atomic E-state index is 0.0906. The summed E-state index contributed by atoms with van der Waals surface area (Å²) < 4.78 is 0. The number of hydrogen-bond donors (Lipinski definition) is 0. The number of benzene rings is 12. The van der Waals surface area contributed by atoms with Crippen LogP contribution in [0, 0.1) is 0 Å². The first-order chi connectivity index (χ1) is 34.5. The molecular formula is C70H50. The predicted octanol–water partition coefficient (Wildman–Crippen LogP) is 19.8. The zero-order valence-corrected chi connectivity index (χ0v) is 39.7. The van der Waals surface area contributed by atoms with Crippen LogP contribution in [0.15, 0.2) is 231 Å². The summed E-state index contributed by atoms with van der Waals surface area (Å²) in [4.78, 5) is 0. The molecule has 1 aliphatic carbocycles. The van der Waals surface area contributed by atoms with Gasteiger partial charge in [0.15, 0.2) is 0 Å². The molecule has 12 aromatic carbocycles. The fourth-order valence-corrected chi connectivity index (χ4v) is 12.3. The summed E-state index contributed by atoms with van der Waals surface area (Å²) in [6.45, 7) is 11.3. The third-order valence-corrected chi connectivity index (χ3v) is 15.4. The number of allylic oxidation sites excluding steroid dienone is 1. The van der Waals surface area contributed by atoms with Gasteiger partial charge in [-0.05, 0) is 156 Å². The lowest BCUT2D eigenvalue weighted by Gasteiger charge is -2.23. The smallest absolute Gasteiger partial charge is 0.0159 e. The van der Waals surface area contributed by atoms with Crippen LogP contribution in [-0.2, 0) is 5.41 Å². The van der Waals surface area contributed by atoms with Gasteiger partial charge in [0, 0.05) is 5.41 Å². The highest BCUT2D eigenvalue weighted by atomic mass is 14.4. The summed E-state index contributed by atoms with van der Waals surface area (Å²) in [5, 5.41) is 12.4. The van der Waals surface area contributed by atoms with Gasteiger partial charge in [-0.1, -0.05) is 251 Å². The summed E-state index contributed by atoms with van der Waals surface area (Å²) in [5.41, 5.74) is 20.0. The Bertz CT molecular complexity index is 4100. The van der Waals surface area contributed by atoms with Crippen molar-refractivity contribution in [3.05, 3.63) is 253 Å². The van der Waals surface area contributed by atoms with E-state index in [1.807, 2.05) is 6.08 Å². The van der Waals surface area contributed by atoms with Gasteiger partial charge in [0.25, 0.3) is 0 Å². The molecule has 13 rings (SSSR count). The van der Waals surface area contributed by atoms with Crippen LogP contribution in [-0.4, -0.2) is 0 Å². The van der Waals surface area contributed by atoms with E-state index in [2.05, 4.69) is 258 Å². The van der Waals surface area contributed by atoms with Crippen molar-refractivity contribution in [2.45, 2.75) is 26.2 Å². The number of hydrogen-bond acceptors (Lipinski definition) is 0. The third-order valence-electron chi connectivity index (χ3n) is 15.4. The lowest BCUT2D eigenvalue weighted by Crippen LogP contribution is -2.14. The van der Waals surface area contributed by atoms with Crippen molar-refractivity contribution in [1.29, 1.82) is 0 Å². The first-order valence-electron chi connectivity index (χ1n) is 24.6. The van der Waals surface area contributed by atoms with Crippen LogP contribution in [0.5, 0.6) is 0 Å². The topological polar surface area (TPSA) is 0 Å². The first kappa shape index (κ1) is 41.6. The van der Waals surface area contributed by atoms with Crippen molar-refractivity contribution < 1.29 is 0 Å². The minimum atomic E-state index is -0.0906. The molecular weight excluding hydrogens is 841 g/mol. The molecule has 1 aliphatic rings. The Morgan fingerprint density at radius 1 is 0.314 bits per heavy atom. The summed E-state index contributed by atoms with van der Waals surface area (Å²) >= 11 is 0. The SMILES string of the molecule is C=Cc1c(/C=C\C)c(-c2ccc(-c3ccc(-c4c5ccccc5c(-c5ccc6c(c5)C(C)(C)c5ccccc5-6)c5ccccc45)c4ccccc34)c3ccccc23)c2ccccc2c1-c1ccccc1. The second-order valence-electron chi connectivity index (χ2n) is 19.4. The average molecular weight is 891 g/mol. The quantitative estimate of drug-likeness (QED) is 0.140. The summed E-state index contributed by atoms with van der Waals surface area (Å²) in [5.74, 6) is 0. The monoisotopic (exact) mass is 890 g/mol. The fraction of sp³-hybridized carbons (Fsp3) is 0.0571. The molecule has 0 bridgehead atoms. The van der Waals surface area contributed by atoms with Gasteiger partial charge in [0.1, 0.15) is 0 Å². The van der Waals surface area contributed by atoms with Crippen LogP contribution in [0.3, 0.4) is 0 Å². The predicted molar refractivity (Wildman–Crippen MR) is 304 cm³/mol. The molecule has 12 aromatic rings. The molecule has 0 aliphatic heterocycles. The number of rotatable bonds is 7. The van der Waals surface area contributed by atoms with E-state index in [0.29, 0.717) is 0 Å². The molecule has 0 N–H and O–H groups in total. The summed E-state index contributed by atoms with van der Waals surface area (Å²) in [6, 6.07) is 81.4. The maximum Gasteiger partial charge on any atom is 0.0159 e. The Morgan fingerprint density at radius 3 is 1.26 bits per heavy atom. The first-order valence-corrected chi connectivity index (χ1v) is 24.6. The standard InChI is InChI=1S/C70H50/c1-5-22-55-46(6-2)66(44-23-8-7-9-24-44)56-30-14-17-33-59(56)68(55)62-41-39-51(47-25-10-12-27-49(47)62)52-40-42-63(50-28-13-11-26-48(50)52)69-60-34-18-15-31-57(60)67(58-32-16-19-35-61(58)69)45-37-38-54-53-29-20-21-36-64(53)70(3,4)65(54)43-45/h5-43H,2H2,1,3-4H3/b22-5-. The van der Waals surface area contributed by atoms with E-state index in [9.17, 15) is 0 Å². The van der Waals surface area contributed by atoms with E-state index in [0.717, 1.165) is 5.56 Å². The van der Waals surface area contributed by atoms with Gasteiger partial charge in [-0.15, -0.1) is 0 Å². The Balaban J connectivity index is 1.01. The molecule has 0 saturated heterocycles. The van der Waals surface area contributed by atoms with Gasteiger partial charge in [-0.25, -0.2) is 0 Å². The second kappa shape index (κ2) is 16.3. The molecule has 0 radical (unpaired) electrons. The van der Waals surface area contributed by atoms with E-state index in [1.54, 1.807) is 0 Å². The van der Waals surface area contributed by atoms with Gasteiger partial charge in [0.05, 0.1) is 0 Å². The van der Waals surface area contributed by atoms with Gasteiger partial charge < -0.3 is 0 Å². The molecule has 0 heteroatoms. The highest BCUT2D eigenvalue weighted by Gasteiger charge is 2.35. The largest absolute Gasteiger partial charge is 0.0984 e. The second-order valence-corrected chi connectivity index (χ2v) is 19.4. The highest BCUT2D eigenvalue weighted by Crippen LogP contribution is 2.53. The van der Waals surface area contributed by atoms with Crippen molar-refractivity contribution in [3.63, 3.8) is 0 Å². The average Bonchev–Trinajstić information content (AvgIpc) is 3.64. The van der Waals surface area contributed by atoms with E-state index in [-0.39, 0.29) is 5.41 Å². The van der Waals surface area contributed by atoms with Gasteiger partial charge in [-0.2, -0.15) is 0 Å². The zero-order chi connectivity index (χ0) is 47.1. The zero-order valence-electron chi connectivity index (χ0n) is 39.7. The maximum atomic E-state index is 4.42. The molecule has 0 saturated carbocycles. The minimum Gasteiger partial charge on any atom is -0.0984 e. The van der Waals surface area contributed by atoms with Crippen LogP contribution in [0.4, 0.5) is 0 Å². The van der Waals surface area contributed by atoms with Crippen molar-refractivity contribution in [2.75, 3.05) is 0 Å². The van der Waals surface area contributed by atoms with Crippen molar-refractivity contribution >= 4 is 66.0 Å². The Hall–Kier alpha value is -8.58. The normalized spacial score (nSPS) is 12.9. The van der Waals surface area contributed by atoms with Crippen LogP contribution in [0.1, 0.15) is 43.0 Å². The molecule has 0 atom stereocenters. The summed E-state index contributed by atoms with van der Waals surface area (Å²) in [6.07, 6.45) is 6.47. The Labute approximate surface area is 410 Å².